The topological polar surface area (TPSA) is 79.2 Å². The highest BCUT2D eigenvalue weighted by Crippen LogP contribution is 2.32. The number of carbonyl (C=O) groups is 1. The van der Waals surface area contributed by atoms with Gasteiger partial charge in [-0.1, -0.05) is 19.9 Å². The first-order chi connectivity index (χ1) is 17.0. The van der Waals surface area contributed by atoms with Crippen molar-refractivity contribution in [2.24, 2.45) is 0 Å². The predicted molar refractivity (Wildman–Crippen MR) is 143 cm³/mol. The number of benzene rings is 1. The number of rotatable bonds is 7. The van der Waals surface area contributed by atoms with Gasteiger partial charge in [-0.3, -0.25) is 9.48 Å². The molecule has 35 heavy (non-hydrogen) atoms. The van der Waals surface area contributed by atoms with Crippen molar-refractivity contribution in [1.82, 2.24) is 24.6 Å². The molecule has 3 aromatic heterocycles. The number of anilines is 2. The van der Waals surface area contributed by atoms with Crippen LogP contribution >= 0.6 is 11.3 Å². The molecule has 0 bridgehead atoms. The average molecular weight is 492 g/mol. The van der Waals surface area contributed by atoms with E-state index in [1.165, 1.54) is 15.6 Å². The Morgan fingerprint density at radius 1 is 1.11 bits per heavy atom. The van der Waals surface area contributed by atoms with E-state index < -0.39 is 0 Å². The quantitative estimate of drug-likeness (QED) is 0.381. The van der Waals surface area contributed by atoms with E-state index in [9.17, 15) is 4.79 Å². The van der Waals surface area contributed by atoms with Crippen LogP contribution in [0.4, 0.5) is 11.8 Å². The first kappa shape index (κ1) is 23.5. The molecule has 4 aromatic rings. The van der Waals surface area contributed by atoms with Crippen LogP contribution in [0, 0.1) is 0 Å². The molecule has 0 aliphatic carbocycles. The van der Waals surface area contributed by atoms with Crippen molar-refractivity contribution >= 4 is 50.1 Å². The number of nitrogens with zero attached hydrogens (tertiary/aromatic N) is 6. The number of nitrogens with one attached hydrogen (secondary N) is 1. The molecule has 0 spiro atoms. The van der Waals surface area contributed by atoms with Gasteiger partial charge in [-0.05, 0) is 54.3 Å². The second-order valence-corrected chi connectivity index (χ2v) is 10.2. The fraction of sp³-hybridized carbons (Fsp3) is 0.462. The predicted octanol–water partition coefficient (Wildman–Crippen LogP) is 5.24. The normalized spacial score (nSPS) is 15.3. The number of carbonyl (C=O) groups excluding carboxylic acids is 1. The van der Waals surface area contributed by atoms with Crippen LogP contribution in [0.2, 0.25) is 0 Å². The number of aromatic nitrogens is 4. The van der Waals surface area contributed by atoms with Gasteiger partial charge in [-0.15, -0.1) is 11.3 Å². The third-order valence-corrected chi connectivity index (χ3v) is 7.96. The fourth-order valence-corrected chi connectivity index (χ4v) is 5.64. The summed E-state index contributed by atoms with van der Waals surface area (Å²) >= 11 is 1.76. The number of fused-ring (bicyclic) bond motifs is 2. The molecular weight excluding hydrogens is 458 g/mol. The summed E-state index contributed by atoms with van der Waals surface area (Å²) in [6, 6.07) is 9.15. The summed E-state index contributed by atoms with van der Waals surface area (Å²) in [4.78, 5) is 25.8. The van der Waals surface area contributed by atoms with Gasteiger partial charge in [0.05, 0.1) is 18.3 Å². The van der Waals surface area contributed by atoms with Crippen LogP contribution in [0.15, 0.2) is 35.8 Å². The lowest BCUT2D eigenvalue weighted by atomic mass is 10.1. The minimum absolute atomic E-state index is 0.0601. The second-order valence-electron chi connectivity index (χ2n) is 9.24. The SMILES string of the molecule is CCC(CC)n1ncc2nc(N3CCN(C(C)=O)CC3)nc(NC(C)c3ccc4sccc4c3)c21. The van der Waals surface area contributed by atoms with Crippen LogP contribution in [-0.2, 0) is 4.79 Å². The van der Waals surface area contributed by atoms with Crippen molar-refractivity contribution in [3.8, 4) is 0 Å². The van der Waals surface area contributed by atoms with E-state index in [4.69, 9.17) is 15.1 Å². The molecule has 1 aromatic carbocycles. The second kappa shape index (κ2) is 9.81. The van der Waals surface area contributed by atoms with Gasteiger partial charge in [0.2, 0.25) is 11.9 Å². The van der Waals surface area contributed by atoms with Crippen LogP contribution in [-0.4, -0.2) is 56.7 Å². The molecule has 1 saturated heterocycles. The smallest absolute Gasteiger partial charge is 0.228 e. The van der Waals surface area contributed by atoms with Crippen molar-refractivity contribution in [3.05, 3.63) is 41.4 Å². The summed E-state index contributed by atoms with van der Waals surface area (Å²) in [7, 11) is 0. The maximum Gasteiger partial charge on any atom is 0.228 e. The zero-order valence-electron chi connectivity index (χ0n) is 20.9. The number of amides is 1. The summed E-state index contributed by atoms with van der Waals surface area (Å²) in [6.07, 6.45) is 3.84. The molecule has 184 valence electrons. The Balaban J connectivity index is 1.52. The van der Waals surface area contributed by atoms with Crippen LogP contribution in [0.3, 0.4) is 0 Å². The fourth-order valence-electron chi connectivity index (χ4n) is 4.87. The maximum absolute atomic E-state index is 11.8. The molecule has 1 unspecified atom stereocenters. The summed E-state index contributed by atoms with van der Waals surface area (Å²) in [5, 5.41) is 11.8. The van der Waals surface area contributed by atoms with Gasteiger partial charge in [-0.25, -0.2) is 4.98 Å². The standard InChI is InChI=1S/C26H33N7OS/c1-5-21(6-2)33-24-22(16-27-33)29-26(32-12-10-31(11-13-32)18(4)34)30-25(24)28-17(3)19-7-8-23-20(15-19)9-14-35-23/h7-9,14-17,21H,5-6,10-13H2,1-4H3,(H,28,29,30). The van der Waals surface area contributed by atoms with Gasteiger partial charge < -0.3 is 15.1 Å². The first-order valence-corrected chi connectivity index (χ1v) is 13.4. The number of thiophene rings is 1. The minimum atomic E-state index is 0.0601. The van der Waals surface area contributed by atoms with Gasteiger partial charge in [-0.2, -0.15) is 10.1 Å². The molecule has 1 amide bonds. The van der Waals surface area contributed by atoms with Crippen molar-refractivity contribution in [3.63, 3.8) is 0 Å². The monoisotopic (exact) mass is 491 g/mol. The molecule has 0 saturated carbocycles. The molecule has 0 radical (unpaired) electrons. The molecule has 5 rings (SSSR count). The van der Waals surface area contributed by atoms with Gasteiger partial charge in [0.25, 0.3) is 0 Å². The molecule has 8 nitrogen and oxygen atoms in total. The minimum Gasteiger partial charge on any atom is -0.362 e. The Morgan fingerprint density at radius 3 is 2.60 bits per heavy atom. The highest BCUT2D eigenvalue weighted by atomic mass is 32.1. The molecule has 9 heteroatoms. The maximum atomic E-state index is 11.8. The van der Waals surface area contributed by atoms with Crippen molar-refractivity contribution in [1.29, 1.82) is 0 Å². The molecule has 1 aliphatic rings. The van der Waals surface area contributed by atoms with Crippen LogP contribution in [0.5, 0.6) is 0 Å². The molecule has 1 fully saturated rings. The summed E-state index contributed by atoms with van der Waals surface area (Å²) in [5.74, 6) is 1.61. The summed E-state index contributed by atoms with van der Waals surface area (Å²) in [6.45, 7) is 11.0. The Bertz CT molecular complexity index is 1330. The lowest BCUT2D eigenvalue weighted by Gasteiger charge is -2.34. The highest BCUT2D eigenvalue weighted by molar-refractivity contribution is 7.17. The Hall–Kier alpha value is -3.20. The largest absolute Gasteiger partial charge is 0.362 e. The zero-order valence-corrected chi connectivity index (χ0v) is 21.7. The van der Waals surface area contributed by atoms with E-state index >= 15 is 0 Å². The van der Waals surface area contributed by atoms with E-state index in [1.54, 1.807) is 18.3 Å². The Labute approximate surface area is 210 Å². The zero-order chi connectivity index (χ0) is 24.5. The van der Waals surface area contributed by atoms with E-state index in [-0.39, 0.29) is 11.9 Å². The first-order valence-electron chi connectivity index (χ1n) is 12.5. The third kappa shape index (κ3) is 4.57. The van der Waals surface area contributed by atoms with E-state index in [2.05, 4.69) is 65.3 Å². The van der Waals surface area contributed by atoms with Gasteiger partial charge in [0.1, 0.15) is 11.0 Å². The molecule has 1 aliphatic heterocycles. The van der Waals surface area contributed by atoms with Crippen LogP contribution in [0.1, 0.15) is 58.2 Å². The lowest BCUT2D eigenvalue weighted by molar-refractivity contribution is -0.129. The Morgan fingerprint density at radius 2 is 1.89 bits per heavy atom. The lowest BCUT2D eigenvalue weighted by Crippen LogP contribution is -2.48. The van der Waals surface area contributed by atoms with Crippen molar-refractivity contribution < 1.29 is 4.79 Å². The van der Waals surface area contributed by atoms with Gasteiger partial charge in [0.15, 0.2) is 5.82 Å². The van der Waals surface area contributed by atoms with E-state index in [1.807, 2.05) is 11.1 Å². The van der Waals surface area contributed by atoms with Gasteiger partial charge >= 0.3 is 0 Å². The van der Waals surface area contributed by atoms with E-state index in [0.717, 1.165) is 42.8 Å². The number of piperazine rings is 1. The Kier molecular flexibility index (Phi) is 6.60. The molecule has 1 N–H and O–H groups in total. The van der Waals surface area contributed by atoms with Crippen molar-refractivity contribution in [2.75, 3.05) is 36.4 Å². The molecule has 1 atom stereocenters. The number of hydrogen-bond donors (Lipinski definition) is 1. The highest BCUT2D eigenvalue weighted by Gasteiger charge is 2.24. The van der Waals surface area contributed by atoms with Gasteiger partial charge in [0, 0.05) is 37.8 Å². The molecule has 4 heterocycles. The molecular formula is C26H33N7OS. The summed E-state index contributed by atoms with van der Waals surface area (Å²) < 4.78 is 3.38. The van der Waals surface area contributed by atoms with Crippen LogP contribution < -0.4 is 10.2 Å². The van der Waals surface area contributed by atoms with Crippen molar-refractivity contribution in [2.45, 2.75) is 52.6 Å². The van der Waals surface area contributed by atoms with E-state index in [0.29, 0.717) is 25.1 Å². The third-order valence-electron chi connectivity index (χ3n) is 7.06. The number of hydrogen-bond acceptors (Lipinski definition) is 7. The average Bonchev–Trinajstić information content (AvgIpc) is 3.52. The van der Waals surface area contributed by atoms with Crippen LogP contribution in [0.25, 0.3) is 21.1 Å². The summed E-state index contributed by atoms with van der Waals surface area (Å²) in [5.41, 5.74) is 3.01.